The molecular weight excluding hydrogens is 387 g/mol. The van der Waals surface area contributed by atoms with Gasteiger partial charge < -0.3 is 0 Å². The standard InChI is InChI=1S/C19H12ClFN4OS/c20-13-5-1-12(2-6-13)10-16-24-25-17(22)15(18(26)23-19(25)27-16)9-11-3-7-14(21)8-4-11/h1-9,22H,10H2/b15-9+,22-17?. The van der Waals surface area contributed by atoms with Crippen LogP contribution >= 0.6 is 23.4 Å². The van der Waals surface area contributed by atoms with Crippen LogP contribution in [0.25, 0.3) is 6.08 Å². The molecule has 0 saturated heterocycles. The molecule has 0 bridgehead atoms. The summed E-state index contributed by atoms with van der Waals surface area (Å²) in [5.74, 6) is -0.922. The summed E-state index contributed by atoms with van der Waals surface area (Å²) in [4.78, 5) is 16.4. The molecule has 2 aromatic carbocycles. The Labute approximate surface area is 163 Å². The van der Waals surface area contributed by atoms with E-state index in [0.29, 0.717) is 22.2 Å². The van der Waals surface area contributed by atoms with Crippen LogP contribution in [0.5, 0.6) is 0 Å². The molecule has 134 valence electrons. The third-order valence-corrected chi connectivity index (χ3v) is 5.11. The molecule has 0 fully saturated rings. The van der Waals surface area contributed by atoms with Crippen molar-refractivity contribution in [3.8, 4) is 0 Å². The fourth-order valence-corrected chi connectivity index (χ4v) is 3.65. The highest BCUT2D eigenvalue weighted by atomic mass is 35.5. The van der Waals surface area contributed by atoms with Crippen LogP contribution in [0.1, 0.15) is 11.1 Å². The minimum Gasteiger partial charge on any atom is -0.282 e. The molecule has 0 aromatic heterocycles. The fraction of sp³-hybridized carbons (Fsp3) is 0.0526. The normalized spacial score (nSPS) is 17.9. The molecule has 0 spiro atoms. The van der Waals surface area contributed by atoms with Gasteiger partial charge in [0, 0.05) is 11.4 Å². The van der Waals surface area contributed by atoms with Crippen molar-refractivity contribution < 1.29 is 9.18 Å². The maximum absolute atomic E-state index is 13.1. The van der Waals surface area contributed by atoms with E-state index in [9.17, 15) is 9.18 Å². The lowest BCUT2D eigenvalue weighted by molar-refractivity contribution is -0.114. The van der Waals surface area contributed by atoms with Crippen LogP contribution in [0.4, 0.5) is 4.39 Å². The Morgan fingerprint density at radius 3 is 2.56 bits per heavy atom. The number of hydrazone groups is 1. The van der Waals surface area contributed by atoms with Crippen molar-refractivity contribution in [2.75, 3.05) is 0 Å². The van der Waals surface area contributed by atoms with Gasteiger partial charge in [0.15, 0.2) is 5.84 Å². The lowest BCUT2D eigenvalue weighted by Gasteiger charge is -2.20. The summed E-state index contributed by atoms with van der Waals surface area (Å²) in [6.45, 7) is 0. The summed E-state index contributed by atoms with van der Waals surface area (Å²) in [7, 11) is 0. The molecule has 27 heavy (non-hydrogen) atoms. The van der Waals surface area contributed by atoms with Crippen molar-refractivity contribution >= 4 is 51.4 Å². The molecule has 2 heterocycles. The number of nitrogens with one attached hydrogen (secondary N) is 1. The fourth-order valence-electron chi connectivity index (χ4n) is 2.61. The number of nitrogens with zero attached hydrogens (tertiary/aromatic N) is 3. The molecule has 5 nitrogen and oxygen atoms in total. The second-order valence-electron chi connectivity index (χ2n) is 5.87. The number of rotatable bonds is 3. The topological polar surface area (TPSA) is 68.9 Å². The quantitative estimate of drug-likeness (QED) is 0.782. The molecule has 2 aliphatic heterocycles. The van der Waals surface area contributed by atoms with Crippen LogP contribution in [0.15, 0.2) is 64.2 Å². The van der Waals surface area contributed by atoms with Crippen molar-refractivity contribution in [2.24, 2.45) is 10.1 Å². The molecular formula is C19H12ClFN4OS. The van der Waals surface area contributed by atoms with Crippen molar-refractivity contribution in [3.05, 3.63) is 76.1 Å². The number of amidine groups is 2. The first-order valence-corrected chi connectivity index (χ1v) is 9.18. The van der Waals surface area contributed by atoms with Crippen molar-refractivity contribution in [1.82, 2.24) is 5.01 Å². The third kappa shape index (κ3) is 3.70. The number of hydrogen-bond acceptors (Lipinski definition) is 4. The van der Waals surface area contributed by atoms with E-state index in [4.69, 9.17) is 17.0 Å². The molecule has 0 aliphatic carbocycles. The largest absolute Gasteiger partial charge is 0.283 e. The van der Waals surface area contributed by atoms with Crippen LogP contribution in [0.2, 0.25) is 5.02 Å². The number of fused-ring (bicyclic) bond motifs is 1. The number of carbonyl (C=O) groups excluding carboxylic acids is 1. The first-order chi connectivity index (χ1) is 13.0. The summed E-state index contributed by atoms with van der Waals surface area (Å²) >= 11 is 7.16. The lowest BCUT2D eigenvalue weighted by atomic mass is 10.1. The average Bonchev–Trinajstić information content (AvgIpc) is 3.04. The molecule has 0 saturated carbocycles. The van der Waals surface area contributed by atoms with Gasteiger partial charge in [-0.3, -0.25) is 10.2 Å². The van der Waals surface area contributed by atoms with Gasteiger partial charge in [0.2, 0.25) is 5.17 Å². The first kappa shape index (κ1) is 17.6. The van der Waals surface area contributed by atoms with Crippen LogP contribution in [-0.4, -0.2) is 27.0 Å². The molecule has 1 N–H and O–H groups in total. The predicted octanol–water partition coefficient (Wildman–Crippen LogP) is 4.34. The van der Waals surface area contributed by atoms with Crippen molar-refractivity contribution in [3.63, 3.8) is 0 Å². The highest BCUT2D eigenvalue weighted by molar-refractivity contribution is 8.26. The maximum Gasteiger partial charge on any atom is 0.283 e. The van der Waals surface area contributed by atoms with E-state index < -0.39 is 5.91 Å². The summed E-state index contributed by atoms with van der Waals surface area (Å²) in [5, 5.41) is 15.9. The Bertz CT molecular complexity index is 1030. The molecule has 4 rings (SSSR count). The van der Waals surface area contributed by atoms with E-state index >= 15 is 0 Å². The van der Waals surface area contributed by atoms with Gasteiger partial charge in [0.1, 0.15) is 10.9 Å². The SMILES string of the molecule is N=C1/C(=C\c2ccc(F)cc2)C(=O)N=C2SC(Cc3ccc(Cl)cc3)=NN12. The zero-order valence-electron chi connectivity index (χ0n) is 13.8. The van der Waals surface area contributed by atoms with Crippen LogP contribution < -0.4 is 0 Å². The lowest BCUT2D eigenvalue weighted by Crippen LogP contribution is -2.35. The number of halogens is 2. The van der Waals surface area contributed by atoms with E-state index in [2.05, 4.69) is 10.1 Å². The second-order valence-corrected chi connectivity index (χ2v) is 7.35. The van der Waals surface area contributed by atoms with E-state index in [1.54, 1.807) is 12.1 Å². The Hall–Kier alpha value is -2.77. The number of amides is 1. The molecule has 2 aromatic rings. The molecule has 1 amide bonds. The Balaban J connectivity index is 1.59. The van der Waals surface area contributed by atoms with E-state index in [-0.39, 0.29) is 17.2 Å². The van der Waals surface area contributed by atoms with Gasteiger partial charge in [-0.2, -0.15) is 15.1 Å². The molecule has 0 unspecified atom stereocenters. The number of benzene rings is 2. The number of carbonyl (C=O) groups is 1. The number of hydrogen-bond donors (Lipinski definition) is 1. The van der Waals surface area contributed by atoms with E-state index in [0.717, 1.165) is 10.6 Å². The zero-order chi connectivity index (χ0) is 19.0. The summed E-state index contributed by atoms with van der Waals surface area (Å²) < 4.78 is 13.1. The summed E-state index contributed by atoms with van der Waals surface area (Å²) in [6.07, 6.45) is 2.07. The van der Waals surface area contributed by atoms with Gasteiger partial charge in [0.05, 0.1) is 5.57 Å². The highest BCUT2D eigenvalue weighted by Crippen LogP contribution is 2.29. The average molecular weight is 399 g/mol. The summed E-state index contributed by atoms with van der Waals surface area (Å²) in [6, 6.07) is 13.1. The molecule has 8 heteroatoms. The smallest absolute Gasteiger partial charge is 0.282 e. The van der Waals surface area contributed by atoms with Gasteiger partial charge >= 0.3 is 0 Å². The Morgan fingerprint density at radius 2 is 1.85 bits per heavy atom. The van der Waals surface area contributed by atoms with Gasteiger partial charge in [-0.25, -0.2) is 4.39 Å². The van der Waals surface area contributed by atoms with Crippen molar-refractivity contribution in [2.45, 2.75) is 6.42 Å². The van der Waals surface area contributed by atoms with Gasteiger partial charge in [-0.05, 0) is 53.2 Å². The Morgan fingerprint density at radius 1 is 1.15 bits per heavy atom. The van der Waals surface area contributed by atoms with Crippen molar-refractivity contribution in [1.29, 1.82) is 5.41 Å². The maximum atomic E-state index is 13.1. The van der Waals surface area contributed by atoms with Gasteiger partial charge in [-0.1, -0.05) is 35.9 Å². The molecule has 0 radical (unpaired) electrons. The number of thioether (sulfide) groups is 1. The van der Waals surface area contributed by atoms with Gasteiger partial charge in [-0.15, -0.1) is 0 Å². The Kier molecular flexibility index (Phi) is 4.63. The van der Waals surface area contributed by atoms with Crippen LogP contribution in [0.3, 0.4) is 0 Å². The highest BCUT2D eigenvalue weighted by Gasteiger charge is 2.35. The third-order valence-electron chi connectivity index (χ3n) is 3.95. The monoisotopic (exact) mass is 398 g/mol. The summed E-state index contributed by atoms with van der Waals surface area (Å²) in [5.41, 5.74) is 1.74. The minimum atomic E-state index is -0.508. The first-order valence-electron chi connectivity index (χ1n) is 7.99. The van der Waals surface area contributed by atoms with E-state index in [1.807, 2.05) is 12.1 Å². The van der Waals surface area contributed by atoms with Crippen LogP contribution in [-0.2, 0) is 11.2 Å². The van der Waals surface area contributed by atoms with Crippen LogP contribution in [0, 0.1) is 11.2 Å². The molecule has 2 aliphatic rings. The predicted molar refractivity (Wildman–Crippen MR) is 107 cm³/mol. The molecule has 0 atom stereocenters. The number of aliphatic imine (C=N–C) groups is 1. The second kappa shape index (κ2) is 7.09. The van der Waals surface area contributed by atoms with Gasteiger partial charge in [0.25, 0.3) is 5.91 Å². The van der Waals surface area contributed by atoms with E-state index in [1.165, 1.54) is 47.1 Å². The minimum absolute atomic E-state index is 0.0482. The zero-order valence-corrected chi connectivity index (χ0v) is 15.4.